The standard InChI is InChI=1S/C11H10ClNO3S2/c12-10-4-5-11(17-10)18(15,16)13-7-8-2-1-3-9(14)6-8/h1-6,13-14H,7H2. The number of halogens is 1. The Kier molecular flexibility index (Phi) is 3.91. The number of nitrogens with one attached hydrogen (secondary N) is 1. The van der Waals surface area contributed by atoms with Crippen molar-refractivity contribution in [3.05, 3.63) is 46.3 Å². The van der Waals surface area contributed by atoms with Gasteiger partial charge in [-0.1, -0.05) is 23.7 Å². The molecule has 0 amide bonds. The van der Waals surface area contributed by atoms with Gasteiger partial charge in [0, 0.05) is 6.54 Å². The molecule has 2 aromatic rings. The summed E-state index contributed by atoms with van der Waals surface area (Å²) in [6.07, 6.45) is 0. The van der Waals surface area contributed by atoms with Crippen LogP contribution in [0.4, 0.5) is 0 Å². The summed E-state index contributed by atoms with van der Waals surface area (Å²) < 4.78 is 26.8. The van der Waals surface area contributed by atoms with Gasteiger partial charge < -0.3 is 5.11 Å². The van der Waals surface area contributed by atoms with E-state index < -0.39 is 10.0 Å². The van der Waals surface area contributed by atoms with Gasteiger partial charge in [-0.25, -0.2) is 13.1 Å². The molecule has 2 N–H and O–H groups in total. The molecule has 0 radical (unpaired) electrons. The molecule has 0 saturated carbocycles. The molecule has 7 heteroatoms. The van der Waals surface area contributed by atoms with E-state index in [4.69, 9.17) is 11.6 Å². The van der Waals surface area contributed by atoms with E-state index in [2.05, 4.69) is 4.72 Å². The van der Waals surface area contributed by atoms with Crippen molar-refractivity contribution in [2.45, 2.75) is 10.8 Å². The van der Waals surface area contributed by atoms with Crippen LogP contribution in [0.1, 0.15) is 5.56 Å². The van der Waals surface area contributed by atoms with Gasteiger partial charge in [0.15, 0.2) is 0 Å². The van der Waals surface area contributed by atoms with Crippen molar-refractivity contribution in [3.8, 4) is 5.75 Å². The van der Waals surface area contributed by atoms with Gasteiger partial charge in [0.1, 0.15) is 9.96 Å². The zero-order chi connectivity index (χ0) is 13.2. The van der Waals surface area contributed by atoms with Gasteiger partial charge in [-0.05, 0) is 29.8 Å². The molecule has 96 valence electrons. The van der Waals surface area contributed by atoms with Crippen LogP contribution in [0, 0.1) is 0 Å². The number of aromatic hydroxyl groups is 1. The first-order valence-electron chi connectivity index (χ1n) is 5.00. The summed E-state index contributed by atoms with van der Waals surface area (Å²) in [6, 6.07) is 9.40. The molecule has 0 aliphatic heterocycles. The second kappa shape index (κ2) is 5.27. The third-order valence-corrected chi connectivity index (χ3v) is 5.31. The van der Waals surface area contributed by atoms with Crippen molar-refractivity contribution in [2.24, 2.45) is 0 Å². The lowest BCUT2D eigenvalue weighted by Crippen LogP contribution is -2.22. The number of thiophene rings is 1. The number of hydrogen-bond acceptors (Lipinski definition) is 4. The average Bonchev–Trinajstić information content (AvgIpc) is 2.74. The van der Waals surface area contributed by atoms with Crippen molar-refractivity contribution in [1.82, 2.24) is 4.72 Å². The van der Waals surface area contributed by atoms with Crippen LogP contribution in [0.25, 0.3) is 0 Å². The molecule has 2 rings (SSSR count). The first-order valence-corrected chi connectivity index (χ1v) is 7.68. The van der Waals surface area contributed by atoms with Crippen LogP contribution in [0.2, 0.25) is 4.34 Å². The van der Waals surface area contributed by atoms with Crippen LogP contribution in [0.5, 0.6) is 5.75 Å². The van der Waals surface area contributed by atoms with E-state index in [9.17, 15) is 13.5 Å². The lowest BCUT2D eigenvalue weighted by molar-refractivity contribution is 0.474. The highest BCUT2D eigenvalue weighted by Gasteiger charge is 2.16. The van der Waals surface area contributed by atoms with E-state index in [1.807, 2.05) is 0 Å². The van der Waals surface area contributed by atoms with Gasteiger partial charge in [0.05, 0.1) is 4.34 Å². The minimum absolute atomic E-state index is 0.103. The molecule has 18 heavy (non-hydrogen) atoms. The summed E-state index contributed by atoms with van der Waals surface area (Å²) >= 11 is 6.70. The lowest BCUT2D eigenvalue weighted by atomic mass is 10.2. The first-order chi connectivity index (χ1) is 8.47. The van der Waals surface area contributed by atoms with Crippen LogP contribution in [0.3, 0.4) is 0 Å². The fraction of sp³-hybridized carbons (Fsp3) is 0.0909. The van der Waals surface area contributed by atoms with E-state index in [1.54, 1.807) is 12.1 Å². The van der Waals surface area contributed by atoms with E-state index in [0.717, 1.165) is 11.3 Å². The van der Waals surface area contributed by atoms with Crippen molar-refractivity contribution in [3.63, 3.8) is 0 Å². The zero-order valence-corrected chi connectivity index (χ0v) is 11.5. The van der Waals surface area contributed by atoms with Crippen molar-refractivity contribution < 1.29 is 13.5 Å². The summed E-state index contributed by atoms with van der Waals surface area (Å²) in [6.45, 7) is 0.117. The summed E-state index contributed by atoms with van der Waals surface area (Å²) in [5, 5.41) is 9.27. The highest BCUT2D eigenvalue weighted by atomic mass is 35.5. The molecular weight excluding hydrogens is 294 g/mol. The first kappa shape index (κ1) is 13.4. The number of benzene rings is 1. The Hall–Kier alpha value is -1.08. The normalized spacial score (nSPS) is 11.6. The van der Waals surface area contributed by atoms with Gasteiger partial charge in [0.25, 0.3) is 0 Å². The number of phenols is 1. The monoisotopic (exact) mass is 303 g/mol. The quantitative estimate of drug-likeness (QED) is 0.912. The summed E-state index contributed by atoms with van der Waals surface area (Å²) in [5.74, 6) is 0.103. The van der Waals surface area contributed by atoms with Gasteiger partial charge >= 0.3 is 0 Å². The number of hydrogen-bond donors (Lipinski definition) is 2. The smallest absolute Gasteiger partial charge is 0.250 e. The largest absolute Gasteiger partial charge is 0.508 e. The lowest BCUT2D eigenvalue weighted by Gasteiger charge is -2.05. The maximum absolute atomic E-state index is 11.9. The minimum atomic E-state index is -3.55. The number of sulfonamides is 1. The Morgan fingerprint density at radius 3 is 2.67 bits per heavy atom. The molecule has 0 saturated heterocycles. The molecule has 0 unspecified atom stereocenters. The molecule has 0 spiro atoms. The molecule has 0 aliphatic rings. The predicted octanol–water partition coefficient (Wildman–Crippen LogP) is 2.59. The third-order valence-electron chi connectivity index (χ3n) is 2.19. The predicted molar refractivity (Wildman–Crippen MR) is 71.5 cm³/mol. The van der Waals surface area contributed by atoms with Crippen molar-refractivity contribution in [2.75, 3.05) is 0 Å². The van der Waals surface area contributed by atoms with E-state index >= 15 is 0 Å². The molecule has 1 heterocycles. The third kappa shape index (κ3) is 3.23. The van der Waals surface area contributed by atoms with Gasteiger partial charge in [0.2, 0.25) is 10.0 Å². The molecule has 0 atom stereocenters. The summed E-state index contributed by atoms with van der Waals surface area (Å²) in [7, 11) is -3.55. The fourth-order valence-corrected chi connectivity index (χ4v) is 3.90. The van der Waals surface area contributed by atoms with E-state index in [0.29, 0.717) is 9.90 Å². The van der Waals surface area contributed by atoms with Crippen molar-refractivity contribution in [1.29, 1.82) is 0 Å². The molecule has 4 nitrogen and oxygen atoms in total. The Balaban J connectivity index is 2.10. The van der Waals surface area contributed by atoms with Crippen LogP contribution in [-0.2, 0) is 16.6 Å². The molecule has 1 aromatic heterocycles. The topological polar surface area (TPSA) is 66.4 Å². The van der Waals surface area contributed by atoms with Crippen LogP contribution >= 0.6 is 22.9 Å². The molecule has 0 bridgehead atoms. The van der Waals surface area contributed by atoms with E-state index in [-0.39, 0.29) is 16.5 Å². The second-order valence-corrected chi connectivity index (χ2v) is 7.26. The number of rotatable bonds is 4. The van der Waals surface area contributed by atoms with Gasteiger partial charge in [-0.2, -0.15) is 0 Å². The molecule has 0 aliphatic carbocycles. The summed E-state index contributed by atoms with van der Waals surface area (Å²) in [4.78, 5) is 0. The maximum Gasteiger partial charge on any atom is 0.250 e. The zero-order valence-electron chi connectivity index (χ0n) is 9.13. The Labute approximate surface area is 114 Å². The van der Waals surface area contributed by atoms with Crippen LogP contribution in [0.15, 0.2) is 40.6 Å². The molecular formula is C11H10ClNO3S2. The number of phenolic OH excluding ortho intramolecular Hbond substituents is 1. The van der Waals surface area contributed by atoms with Gasteiger partial charge in [-0.3, -0.25) is 0 Å². The summed E-state index contributed by atoms with van der Waals surface area (Å²) in [5.41, 5.74) is 0.682. The van der Waals surface area contributed by atoms with E-state index in [1.165, 1.54) is 24.3 Å². The highest BCUT2D eigenvalue weighted by Crippen LogP contribution is 2.25. The highest BCUT2D eigenvalue weighted by molar-refractivity contribution is 7.91. The average molecular weight is 304 g/mol. The Morgan fingerprint density at radius 2 is 2.06 bits per heavy atom. The Morgan fingerprint density at radius 1 is 1.28 bits per heavy atom. The van der Waals surface area contributed by atoms with Gasteiger partial charge in [-0.15, -0.1) is 11.3 Å². The second-order valence-electron chi connectivity index (χ2n) is 3.55. The Bertz CT molecular complexity index is 652. The van der Waals surface area contributed by atoms with Crippen LogP contribution < -0.4 is 4.72 Å². The minimum Gasteiger partial charge on any atom is -0.508 e. The molecule has 0 fully saturated rings. The SMILES string of the molecule is O=S(=O)(NCc1cccc(O)c1)c1ccc(Cl)s1. The molecule has 1 aromatic carbocycles. The fourth-order valence-electron chi connectivity index (χ4n) is 1.36. The van der Waals surface area contributed by atoms with Crippen LogP contribution in [-0.4, -0.2) is 13.5 Å². The maximum atomic E-state index is 11.9. The van der Waals surface area contributed by atoms with Crippen molar-refractivity contribution >= 4 is 33.0 Å².